The van der Waals surface area contributed by atoms with Crippen LogP contribution in [0.1, 0.15) is 17.2 Å². The fraction of sp³-hybridized carbons (Fsp3) is 0.0333. The summed E-state index contributed by atoms with van der Waals surface area (Å²) in [7, 11) is 0. The van der Waals surface area contributed by atoms with Crippen molar-refractivity contribution in [3.05, 3.63) is 132 Å². The van der Waals surface area contributed by atoms with Crippen molar-refractivity contribution in [2.75, 3.05) is 5.43 Å². The second-order valence-electron chi connectivity index (χ2n) is 8.64. The maximum absolute atomic E-state index is 5.70. The van der Waals surface area contributed by atoms with Crippen LogP contribution in [0.25, 0.3) is 22.5 Å². The molecule has 0 fully saturated rings. The highest BCUT2D eigenvalue weighted by atomic mass is 32.1. The molecule has 1 atom stereocenters. The van der Waals surface area contributed by atoms with E-state index >= 15 is 0 Å². The summed E-state index contributed by atoms with van der Waals surface area (Å²) < 4.78 is 0. The Morgan fingerprint density at radius 2 is 1.16 bits per heavy atom. The van der Waals surface area contributed by atoms with E-state index < -0.39 is 0 Å². The highest BCUT2D eigenvalue weighted by molar-refractivity contribution is 7.80. The summed E-state index contributed by atoms with van der Waals surface area (Å²) in [6, 6.07) is 39.7. The third kappa shape index (κ3) is 4.72. The second-order valence-corrected chi connectivity index (χ2v) is 9.03. The van der Waals surface area contributed by atoms with Gasteiger partial charge in [-0.2, -0.15) is 5.10 Å². The van der Waals surface area contributed by atoms with Gasteiger partial charge in [0.15, 0.2) is 0 Å². The Kier molecular flexibility index (Phi) is 6.53. The monoisotopic (exact) mass is 513 g/mol. The van der Waals surface area contributed by atoms with Gasteiger partial charge in [0.05, 0.1) is 5.71 Å². The molecule has 0 saturated carbocycles. The lowest BCUT2D eigenvalue weighted by molar-refractivity contribution is 0.426. The molecule has 5 aromatic rings. The maximum atomic E-state index is 5.70. The largest absolute Gasteiger partial charge is 0.262 e. The number of nitrogens with one attached hydrogen (secondary N) is 2. The predicted molar refractivity (Wildman–Crippen MR) is 154 cm³/mol. The molecule has 0 bridgehead atoms. The van der Waals surface area contributed by atoms with E-state index in [4.69, 9.17) is 17.2 Å². The summed E-state index contributed by atoms with van der Waals surface area (Å²) in [5.74, 6) is 0.322. The number of rotatable bonds is 6. The van der Waals surface area contributed by atoms with Crippen LogP contribution < -0.4 is 10.9 Å². The van der Waals surface area contributed by atoms with Gasteiger partial charge in [-0.1, -0.05) is 121 Å². The minimum Gasteiger partial charge on any atom is -0.261 e. The Labute approximate surface area is 225 Å². The van der Waals surface area contributed by atoms with Crippen molar-refractivity contribution in [3.8, 4) is 22.5 Å². The number of anilines is 1. The number of hydrogen-bond donors (Lipinski definition) is 2. The molecule has 1 aromatic heterocycles. The minimum absolute atomic E-state index is 0.322. The molecule has 0 radical (unpaired) electrons. The van der Waals surface area contributed by atoms with Crippen molar-refractivity contribution in [2.45, 2.75) is 6.04 Å². The van der Waals surface area contributed by atoms with E-state index in [-0.39, 0.29) is 6.04 Å². The molecule has 4 aromatic carbocycles. The Morgan fingerprint density at radius 1 is 0.632 bits per heavy atom. The lowest BCUT2D eigenvalue weighted by Crippen LogP contribution is -2.51. The number of nitrogens with zero attached hydrogens (tertiary/aromatic N) is 5. The number of hydrazone groups is 1. The average molecular weight is 514 g/mol. The Morgan fingerprint density at radius 3 is 1.76 bits per heavy atom. The molecule has 0 amide bonds. The molecule has 8 heteroatoms. The normalized spacial score (nSPS) is 14.9. The molecule has 7 nitrogen and oxygen atoms in total. The Bertz CT molecular complexity index is 1580. The standard InChI is InChI=1S/C30H23N7S/c38-30-35-33-27(23-17-9-3-10-18-23)28(24-19-11-4-12-20-24)37(30)36-29-31-25(21-13-5-1-6-14-21)26(32-34-29)22-15-7-2-8-16-22/h1-20,28H,(H,35,38)(H,31,34,36). The Balaban J connectivity index is 1.43. The molecule has 2 heterocycles. The Hall–Kier alpha value is -4.95. The van der Waals surface area contributed by atoms with E-state index in [1.54, 1.807) is 0 Å². The zero-order valence-corrected chi connectivity index (χ0v) is 21.1. The summed E-state index contributed by atoms with van der Waals surface area (Å²) in [5, 5.41) is 15.9. The maximum Gasteiger partial charge on any atom is 0.262 e. The van der Waals surface area contributed by atoms with Gasteiger partial charge in [0.25, 0.3) is 5.95 Å². The van der Waals surface area contributed by atoms with Crippen molar-refractivity contribution in [2.24, 2.45) is 5.10 Å². The third-order valence-corrected chi connectivity index (χ3v) is 6.48. The van der Waals surface area contributed by atoms with E-state index in [9.17, 15) is 0 Å². The van der Waals surface area contributed by atoms with Gasteiger partial charge in [0.2, 0.25) is 5.11 Å². The SMILES string of the molecule is S=C1NN=C(c2ccccc2)C(c2ccccc2)N1Nc1nnc(-c2ccccc2)c(-c2ccccc2)n1. The molecule has 0 saturated heterocycles. The first-order valence-corrected chi connectivity index (χ1v) is 12.6. The number of thiocarbonyl (C=S) groups is 1. The molecule has 0 spiro atoms. The zero-order chi connectivity index (χ0) is 25.7. The number of hydrazine groups is 1. The lowest BCUT2D eigenvalue weighted by Gasteiger charge is -2.37. The number of aromatic nitrogens is 3. The van der Waals surface area contributed by atoms with Crippen molar-refractivity contribution in [1.82, 2.24) is 25.6 Å². The van der Waals surface area contributed by atoms with Crippen molar-refractivity contribution in [1.29, 1.82) is 0 Å². The van der Waals surface area contributed by atoms with Gasteiger partial charge in [-0.25, -0.2) is 9.99 Å². The van der Waals surface area contributed by atoms with Crippen LogP contribution in [-0.2, 0) is 0 Å². The smallest absolute Gasteiger partial charge is 0.261 e. The molecule has 1 unspecified atom stereocenters. The first-order valence-electron chi connectivity index (χ1n) is 12.2. The predicted octanol–water partition coefficient (Wildman–Crippen LogP) is 5.87. The topological polar surface area (TPSA) is 78.3 Å². The van der Waals surface area contributed by atoms with Crippen molar-refractivity contribution in [3.63, 3.8) is 0 Å². The molecule has 6 rings (SSSR count). The first-order chi connectivity index (χ1) is 18.8. The van der Waals surface area contributed by atoms with E-state index in [0.717, 1.165) is 33.7 Å². The molecular weight excluding hydrogens is 490 g/mol. The van der Waals surface area contributed by atoms with Crippen LogP contribution in [0.5, 0.6) is 0 Å². The van der Waals surface area contributed by atoms with E-state index in [0.29, 0.717) is 16.8 Å². The molecular formula is C30H23N7S. The summed E-state index contributed by atoms with van der Waals surface area (Å²) in [6.45, 7) is 0. The number of hydrogen-bond acceptors (Lipinski definition) is 6. The van der Waals surface area contributed by atoms with Crippen LogP contribution in [0.4, 0.5) is 5.95 Å². The molecule has 184 valence electrons. The van der Waals surface area contributed by atoms with Crippen LogP contribution in [-0.4, -0.2) is 31.0 Å². The fourth-order valence-corrected chi connectivity index (χ4v) is 4.62. The molecule has 38 heavy (non-hydrogen) atoms. The van der Waals surface area contributed by atoms with Crippen LogP contribution in [0.3, 0.4) is 0 Å². The van der Waals surface area contributed by atoms with Gasteiger partial charge in [-0.3, -0.25) is 10.9 Å². The highest BCUT2D eigenvalue weighted by Crippen LogP contribution is 2.31. The van der Waals surface area contributed by atoms with Crippen molar-refractivity contribution >= 4 is 29.0 Å². The van der Waals surface area contributed by atoms with Gasteiger partial charge >= 0.3 is 0 Å². The average Bonchev–Trinajstić information content (AvgIpc) is 3.00. The van der Waals surface area contributed by atoms with E-state index in [1.165, 1.54) is 0 Å². The molecule has 2 N–H and O–H groups in total. The fourth-order valence-electron chi connectivity index (χ4n) is 4.42. The minimum atomic E-state index is -0.329. The summed E-state index contributed by atoms with van der Waals surface area (Å²) >= 11 is 5.70. The summed E-state index contributed by atoms with van der Waals surface area (Å²) in [4.78, 5) is 4.92. The summed E-state index contributed by atoms with van der Waals surface area (Å²) in [5.41, 5.74) is 12.4. The number of benzene rings is 4. The van der Waals surface area contributed by atoms with Gasteiger partial charge in [-0.15, -0.1) is 10.2 Å². The van der Waals surface area contributed by atoms with Gasteiger partial charge in [-0.05, 0) is 17.8 Å². The molecule has 1 aliphatic heterocycles. The van der Waals surface area contributed by atoms with Crippen LogP contribution in [0, 0.1) is 0 Å². The first kappa shape index (κ1) is 23.4. The quantitative estimate of drug-likeness (QED) is 0.275. The van der Waals surface area contributed by atoms with Gasteiger partial charge in [0.1, 0.15) is 17.4 Å². The summed E-state index contributed by atoms with van der Waals surface area (Å²) in [6.07, 6.45) is 0. The lowest BCUT2D eigenvalue weighted by atomic mass is 9.95. The zero-order valence-electron chi connectivity index (χ0n) is 20.3. The van der Waals surface area contributed by atoms with E-state index in [1.807, 2.05) is 114 Å². The highest BCUT2D eigenvalue weighted by Gasteiger charge is 2.33. The van der Waals surface area contributed by atoms with Gasteiger partial charge in [0, 0.05) is 16.7 Å². The van der Waals surface area contributed by atoms with Crippen LogP contribution in [0.15, 0.2) is 126 Å². The van der Waals surface area contributed by atoms with Crippen LogP contribution in [0.2, 0.25) is 0 Å². The van der Waals surface area contributed by atoms with Gasteiger partial charge < -0.3 is 0 Å². The molecule has 1 aliphatic rings. The molecule has 0 aliphatic carbocycles. The van der Waals surface area contributed by atoms with E-state index in [2.05, 4.69) is 38.3 Å². The second kappa shape index (κ2) is 10.6. The van der Waals surface area contributed by atoms with Crippen LogP contribution >= 0.6 is 12.2 Å². The van der Waals surface area contributed by atoms with Crippen molar-refractivity contribution < 1.29 is 0 Å². The third-order valence-electron chi connectivity index (χ3n) is 6.19.